The molecular formula is C19H23NO2. The van der Waals surface area contributed by atoms with Gasteiger partial charge < -0.3 is 10.1 Å². The molecule has 0 fully saturated rings. The van der Waals surface area contributed by atoms with E-state index in [0.717, 1.165) is 5.75 Å². The van der Waals surface area contributed by atoms with Crippen LogP contribution in [0, 0.1) is 6.92 Å². The molecule has 0 aliphatic rings. The predicted octanol–water partition coefficient (Wildman–Crippen LogP) is 3.68. The van der Waals surface area contributed by atoms with Crippen molar-refractivity contribution >= 4 is 5.91 Å². The van der Waals surface area contributed by atoms with Gasteiger partial charge in [0, 0.05) is 6.42 Å². The Morgan fingerprint density at radius 2 is 1.91 bits per heavy atom. The molecule has 0 spiro atoms. The summed E-state index contributed by atoms with van der Waals surface area (Å²) < 4.78 is 5.61. The molecule has 116 valence electrons. The smallest absolute Gasteiger partial charge is 0.220 e. The van der Waals surface area contributed by atoms with Crippen LogP contribution in [-0.2, 0) is 4.79 Å². The monoisotopic (exact) mass is 297 g/mol. The molecule has 1 amide bonds. The lowest BCUT2D eigenvalue weighted by atomic mass is 9.98. The minimum Gasteiger partial charge on any atom is -0.492 e. The number of aryl methyl sites for hydroxylation is 1. The second-order valence-corrected chi connectivity index (χ2v) is 5.53. The van der Waals surface area contributed by atoms with Crippen molar-refractivity contribution < 1.29 is 9.53 Å². The first-order chi connectivity index (χ1) is 10.6. The highest BCUT2D eigenvalue weighted by Crippen LogP contribution is 2.18. The van der Waals surface area contributed by atoms with Crippen LogP contribution >= 0.6 is 0 Å². The van der Waals surface area contributed by atoms with E-state index in [1.807, 2.05) is 49.4 Å². The van der Waals surface area contributed by atoms with Crippen molar-refractivity contribution in [3.63, 3.8) is 0 Å². The number of carbonyl (C=O) groups excluding carboxylic acids is 1. The summed E-state index contributed by atoms with van der Waals surface area (Å²) >= 11 is 0. The van der Waals surface area contributed by atoms with E-state index in [1.54, 1.807) is 0 Å². The van der Waals surface area contributed by atoms with Crippen molar-refractivity contribution in [1.82, 2.24) is 5.32 Å². The zero-order chi connectivity index (χ0) is 15.8. The highest BCUT2D eigenvalue weighted by molar-refractivity contribution is 5.76. The van der Waals surface area contributed by atoms with E-state index in [4.69, 9.17) is 4.74 Å². The van der Waals surface area contributed by atoms with Gasteiger partial charge in [0.05, 0.1) is 6.54 Å². The Morgan fingerprint density at radius 1 is 1.14 bits per heavy atom. The number of hydrogen-bond acceptors (Lipinski definition) is 2. The van der Waals surface area contributed by atoms with Gasteiger partial charge in [0.25, 0.3) is 0 Å². The summed E-state index contributed by atoms with van der Waals surface area (Å²) in [5, 5.41) is 2.90. The van der Waals surface area contributed by atoms with E-state index in [9.17, 15) is 4.79 Å². The van der Waals surface area contributed by atoms with E-state index in [2.05, 4.69) is 24.4 Å². The van der Waals surface area contributed by atoms with E-state index in [1.165, 1.54) is 11.1 Å². The average Bonchev–Trinajstić information content (AvgIpc) is 2.52. The summed E-state index contributed by atoms with van der Waals surface area (Å²) in [5.41, 5.74) is 2.35. The molecule has 3 nitrogen and oxygen atoms in total. The van der Waals surface area contributed by atoms with Crippen LogP contribution < -0.4 is 10.1 Å². The molecule has 22 heavy (non-hydrogen) atoms. The second kappa shape index (κ2) is 8.23. The zero-order valence-electron chi connectivity index (χ0n) is 13.2. The van der Waals surface area contributed by atoms with Crippen LogP contribution in [0.4, 0.5) is 0 Å². The lowest BCUT2D eigenvalue weighted by Crippen LogP contribution is -2.28. The molecule has 0 aromatic heterocycles. The van der Waals surface area contributed by atoms with Crippen molar-refractivity contribution in [3.8, 4) is 5.75 Å². The van der Waals surface area contributed by atoms with Crippen LogP contribution in [-0.4, -0.2) is 19.1 Å². The molecule has 0 aliphatic carbocycles. The quantitative estimate of drug-likeness (QED) is 0.792. The van der Waals surface area contributed by atoms with Crippen molar-refractivity contribution in [1.29, 1.82) is 0 Å². The minimum absolute atomic E-state index is 0.0594. The maximum atomic E-state index is 11.9. The number of amides is 1. The molecule has 2 aromatic rings. The van der Waals surface area contributed by atoms with Crippen molar-refractivity contribution in [3.05, 3.63) is 65.7 Å². The van der Waals surface area contributed by atoms with Crippen LogP contribution in [0.1, 0.15) is 30.4 Å². The van der Waals surface area contributed by atoms with Crippen LogP contribution in [0.25, 0.3) is 0 Å². The summed E-state index contributed by atoms with van der Waals surface area (Å²) in [5.74, 6) is 1.12. The molecular weight excluding hydrogens is 274 g/mol. The van der Waals surface area contributed by atoms with Gasteiger partial charge in [0.15, 0.2) is 0 Å². The van der Waals surface area contributed by atoms with Gasteiger partial charge in [0.1, 0.15) is 12.4 Å². The summed E-state index contributed by atoms with van der Waals surface area (Å²) in [7, 11) is 0. The number of carbonyl (C=O) groups is 1. The standard InChI is InChI=1S/C19H23NO2/c1-15-7-6-10-18(13-15)22-12-11-20-19(21)14-16(2)17-8-4-3-5-9-17/h3-10,13,16H,11-12,14H2,1-2H3,(H,20,21). The fraction of sp³-hybridized carbons (Fsp3) is 0.316. The Kier molecular flexibility index (Phi) is 6.01. The Bertz CT molecular complexity index is 595. The van der Waals surface area contributed by atoms with E-state index in [-0.39, 0.29) is 11.8 Å². The lowest BCUT2D eigenvalue weighted by molar-refractivity contribution is -0.121. The summed E-state index contributed by atoms with van der Waals surface area (Å²) in [6, 6.07) is 18.0. The zero-order valence-corrected chi connectivity index (χ0v) is 13.2. The van der Waals surface area contributed by atoms with Gasteiger partial charge >= 0.3 is 0 Å². The Hall–Kier alpha value is -2.29. The second-order valence-electron chi connectivity index (χ2n) is 5.53. The first-order valence-corrected chi connectivity index (χ1v) is 7.66. The number of nitrogens with one attached hydrogen (secondary N) is 1. The molecule has 1 atom stereocenters. The molecule has 2 aromatic carbocycles. The van der Waals surface area contributed by atoms with Crippen LogP contribution in [0.5, 0.6) is 5.75 Å². The third-order valence-corrected chi connectivity index (χ3v) is 3.54. The average molecular weight is 297 g/mol. The van der Waals surface area contributed by atoms with Crippen LogP contribution in [0.15, 0.2) is 54.6 Å². The third-order valence-electron chi connectivity index (χ3n) is 3.54. The van der Waals surface area contributed by atoms with E-state index >= 15 is 0 Å². The van der Waals surface area contributed by atoms with Crippen molar-refractivity contribution in [2.75, 3.05) is 13.2 Å². The van der Waals surface area contributed by atoms with Gasteiger partial charge in [-0.25, -0.2) is 0 Å². The first kappa shape index (κ1) is 16.1. The SMILES string of the molecule is Cc1cccc(OCCNC(=O)CC(C)c2ccccc2)c1. The fourth-order valence-corrected chi connectivity index (χ4v) is 2.31. The van der Waals surface area contributed by atoms with Crippen molar-refractivity contribution in [2.45, 2.75) is 26.2 Å². The normalized spacial score (nSPS) is 11.7. The summed E-state index contributed by atoms with van der Waals surface area (Å²) in [6.07, 6.45) is 0.495. The first-order valence-electron chi connectivity index (χ1n) is 7.66. The number of rotatable bonds is 7. The van der Waals surface area contributed by atoms with Gasteiger partial charge in [0.2, 0.25) is 5.91 Å². The van der Waals surface area contributed by atoms with E-state index < -0.39 is 0 Å². The largest absolute Gasteiger partial charge is 0.492 e. The van der Waals surface area contributed by atoms with Gasteiger partial charge in [-0.1, -0.05) is 49.4 Å². The minimum atomic E-state index is 0.0594. The molecule has 3 heteroatoms. The number of hydrogen-bond donors (Lipinski definition) is 1. The van der Waals surface area contributed by atoms with Gasteiger partial charge in [-0.3, -0.25) is 4.79 Å². The highest BCUT2D eigenvalue weighted by Gasteiger charge is 2.10. The molecule has 1 N–H and O–H groups in total. The molecule has 0 saturated carbocycles. The Morgan fingerprint density at radius 3 is 2.64 bits per heavy atom. The molecule has 0 saturated heterocycles. The summed E-state index contributed by atoms with van der Waals surface area (Å²) in [4.78, 5) is 11.9. The molecule has 0 heterocycles. The number of ether oxygens (including phenoxy) is 1. The fourth-order valence-electron chi connectivity index (χ4n) is 2.31. The van der Waals surface area contributed by atoms with E-state index in [0.29, 0.717) is 19.6 Å². The maximum Gasteiger partial charge on any atom is 0.220 e. The third kappa shape index (κ3) is 5.24. The van der Waals surface area contributed by atoms with Crippen LogP contribution in [0.3, 0.4) is 0 Å². The molecule has 0 aliphatic heterocycles. The Balaban J connectivity index is 1.68. The van der Waals surface area contributed by atoms with Gasteiger partial charge in [-0.15, -0.1) is 0 Å². The Labute approximate surface area is 132 Å². The lowest BCUT2D eigenvalue weighted by Gasteiger charge is -2.12. The van der Waals surface area contributed by atoms with Gasteiger partial charge in [-0.2, -0.15) is 0 Å². The van der Waals surface area contributed by atoms with Crippen LogP contribution in [0.2, 0.25) is 0 Å². The molecule has 0 bridgehead atoms. The van der Waals surface area contributed by atoms with Gasteiger partial charge in [-0.05, 0) is 36.1 Å². The maximum absolute atomic E-state index is 11.9. The summed E-state index contributed by atoms with van der Waals surface area (Å²) in [6.45, 7) is 5.10. The molecule has 2 rings (SSSR count). The highest BCUT2D eigenvalue weighted by atomic mass is 16.5. The molecule has 0 radical (unpaired) electrons. The topological polar surface area (TPSA) is 38.3 Å². The number of benzene rings is 2. The van der Waals surface area contributed by atoms with Crippen molar-refractivity contribution in [2.24, 2.45) is 0 Å². The predicted molar refractivity (Wildman–Crippen MR) is 89.2 cm³/mol. The molecule has 1 unspecified atom stereocenters.